The summed E-state index contributed by atoms with van der Waals surface area (Å²) in [4.78, 5) is 24.0. The van der Waals surface area contributed by atoms with Crippen molar-refractivity contribution in [3.63, 3.8) is 0 Å². The molecule has 0 aliphatic rings. The molecule has 2 aromatic carbocycles. The Morgan fingerprint density at radius 1 is 0.893 bits per heavy atom. The monoisotopic (exact) mass is 387 g/mol. The van der Waals surface area contributed by atoms with Gasteiger partial charge < -0.3 is 24.3 Å². The summed E-state index contributed by atoms with van der Waals surface area (Å²) in [6, 6.07) is 13.7. The fourth-order valence-corrected chi connectivity index (χ4v) is 2.29. The van der Waals surface area contributed by atoms with Crippen LogP contribution in [0.5, 0.6) is 11.5 Å². The third-order valence-corrected chi connectivity index (χ3v) is 3.60. The summed E-state index contributed by atoms with van der Waals surface area (Å²) >= 11 is 0. The maximum absolute atomic E-state index is 12.4. The Kier molecular flexibility index (Phi) is 8.81. The number of carbonyl (C=O) groups excluding carboxylic acids is 2. The molecule has 28 heavy (non-hydrogen) atoms. The first kappa shape index (κ1) is 21.2. The first-order chi connectivity index (χ1) is 13.6. The minimum atomic E-state index is -0.478. The predicted molar refractivity (Wildman–Crippen MR) is 105 cm³/mol. The Labute approximate surface area is 164 Å². The van der Waals surface area contributed by atoms with E-state index in [2.05, 4.69) is 5.32 Å². The average Bonchev–Trinajstić information content (AvgIpc) is 2.71. The van der Waals surface area contributed by atoms with E-state index in [9.17, 15) is 9.59 Å². The number of rotatable bonds is 11. The third-order valence-electron chi connectivity index (χ3n) is 3.60. The van der Waals surface area contributed by atoms with Crippen molar-refractivity contribution < 1.29 is 28.5 Å². The van der Waals surface area contributed by atoms with Crippen LogP contribution in [0, 0.1) is 0 Å². The van der Waals surface area contributed by atoms with Crippen molar-refractivity contribution in [3.8, 4) is 11.5 Å². The van der Waals surface area contributed by atoms with Gasteiger partial charge in [-0.05, 0) is 50.2 Å². The van der Waals surface area contributed by atoms with Gasteiger partial charge in [0, 0.05) is 12.2 Å². The number of hydrogen-bond acceptors (Lipinski definition) is 6. The molecule has 2 aromatic rings. The van der Waals surface area contributed by atoms with Gasteiger partial charge in [-0.15, -0.1) is 0 Å². The molecule has 0 spiro atoms. The zero-order valence-electron chi connectivity index (χ0n) is 16.1. The SMILES string of the molecule is CCOCCOC(=O)COc1ccc(C(=O)Nc2ccccc2OCC)cc1. The molecule has 0 radical (unpaired) electrons. The Morgan fingerprint density at radius 2 is 1.64 bits per heavy atom. The van der Waals surface area contributed by atoms with E-state index in [4.69, 9.17) is 18.9 Å². The van der Waals surface area contributed by atoms with Gasteiger partial charge in [-0.3, -0.25) is 4.79 Å². The fourth-order valence-electron chi connectivity index (χ4n) is 2.29. The molecule has 0 atom stereocenters. The van der Waals surface area contributed by atoms with Crippen LogP contribution in [-0.2, 0) is 14.3 Å². The van der Waals surface area contributed by atoms with Crippen molar-refractivity contribution in [1.29, 1.82) is 0 Å². The summed E-state index contributed by atoms with van der Waals surface area (Å²) in [5.41, 5.74) is 1.06. The summed E-state index contributed by atoms with van der Waals surface area (Å²) in [6.07, 6.45) is 0. The maximum Gasteiger partial charge on any atom is 0.344 e. The largest absolute Gasteiger partial charge is 0.492 e. The van der Waals surface area contributed by atoms with Gasteiger partial charge in [0.1, 0.15) is 18.1 Å². The van der Waals surface area contributed by atoms with E-state index in [1.807, 2.05) is 26.0 Å². The van der Waals surface area contributed by atoms with Gasteiger partial charge in [0.25, 0.3) is 5.91 Å². The summed E-state index contributed by atoms with van der Waals surface area (Å²) < 4.78 is 20.9. The molecule has 1 amide bonds. The number of carbonyl (C=O) groups is 2. The highest BCUT2D eigenvalue weighted by molar-refractivity contribution is 6.05. The molecule has 0 aliphatic heterocycles. The highest BCUT2D eigenvalue weighted by atomic mass is 16.6. The van der Waals surface area contributed by atoms with Crippen LogP contribution in [0.4, 0.5) is 5.69 Å². The second-order valence-electron chi connectivity index (χ2n) is 5.61. The lowest BCUT2D eigenvalue weighted by atomic mass is 10.2. The summed E-state index contributed by atoms with van der Waals surface area (Å²) in [5.74, 6) is 0.331. The molecule has 2 rings (SSSR count). The summed E-state index contributed by atoms with van der Waals surface area (Å²) in [5, 5.41) is 2.82. The zero-order valence-corrected chi connectivity index (χ0v) is 16.1. The lowest BCUT2D eigenvalue weighted by Gasteiger charge is -2.11. The smallest absolute Gasteiger partial charge is 0.344 e. The van der Waals surface area contributed by atoms with E-state index in [-0.39, 0.29) is 19.1 Å². The maximum atomic E-state index is 12.4. The molecular formula is C21H25NO6. The van der Waals surface area contributed by atoms with Gasteiger partial charge >= 0.3 is 5.97 Å². The van der Waals surface area contributed by atoms with E-state index in [0.717, 1.165) is 0 Å². The molecule has 0 fully saturated rings. The normalized spacial score (nSPS) is 10.2. The Bertz CT molecular complexity index is 760. The lowest BCUT2D eigenvalue weighted by Crippen LogP contribution is -2.17. The van der Waals surface area contributed by atoms with E-state index < -0.39 is 5.97 Å². The van der Waals surface area contributed by atoms with Crippen LogP contribution in [0.15, 0.2) is 48.5 Å². The van der Waals surface area contributed by atoms with Gasteiger partial charge in [0.15, 0.2) is 6.61 Å². The number of ether oxygens (including phenoxy) is 4. The van der Waals surface area contributed by atoms with Crippen molar-refractivity contribution >= 4 is 17.6 Å². The molecular weight excluding hydrogens is 362 g/mol. The number of hydrogen-bond donors (Lipinski definition) is 1. The second-order valence-corrected chi connectivity index (χ2v) is 5.61. The van der Waals surface area contributed by atoms with Crippen LogP contribution in [0.1, 0.15) is 24.2 Å². The number of esters is 1. The minimum absolute atomic E-state index is 0.193. The van der Waals surface area contributed by atoms with Crippen LogP contribution in [-0.4, -0.2) is 44.9 Å². The molecule has 0 aromatic heterocycles. The van der Waals surface area contributed by atoms with Gasteiger partial charge in [-0.25, -0.2) is 4.79 Å². The van der Waals surface area contributed by atoms with E-state index in [0.29, 0.717) is 42.6 Å². The molecule has 0 aliphatic carbocycles. The van der Waals surface area contributed by atoms with Gasteiger partial charge in [-0.2, -0.15) is 0 Å². The first-order valence-electron chi connectivity index (χ1n) is 9.13. The van der Waals surface area contributed by atoms with Crippen molar-refractivity contribution in [1.82, 2.24) is 0 Å². The van der Waals surface area contributed by atoms with Crippen LogP contribution >= 0.6 is 0 Å². The number of benzene rings is 2. The van der Waals surface area contributed by atoms with Crippen molar-refractivity contribution in [2.45, 2.75) is 13.8 Å². The molecule has 7 heteroatoms. The van der Waals surface area contributed by atoms with E-state index >= 15 is 0 Å². The number of amides is 1. The fraction of sp³-hybridized carbons (Fsp3) is 0.333. The molecule has 7 nitrogen and oxygen atoms in total. The van der Waals surface area contributed by atoms with E-state index in [1.54, 1.807) is 36.4 Å². The number of nitrogens with one attached hydrogen (secondary N) is 1. The Morgan fingerprint density at radius 3 is 2.36 bits per heavy atom. The predicted octanol–water partition coefficient (Wildman–Crippen LogP) is 3.30. The van der Waals surface area contributed by atoms with Crippen LogP contribution < -0.4 is 14.8 Å². The molecule has 0 heterocycles. The molecule has 0 bridgehead atoms. The van der Waals surface area contributed by atoms with Crippen molar-refractivity contribution in [3.05, 3.63) is 54.1 Å². The van der Waals surface area contributed by atoms with Gasteiger partial charge in [-0.1, -0.05) is 12.1 Å². The summed E-state index contributed by atoms with van der Waals surface area (Å²) in [7, 11) is 0. The molecule has 0 unspecified atom stereocenters. The lowest BCUT2D eigenvalue weighted by molar-refractivity contribution is -0.147. The average molecular weight is 387 g/mol. The third kappa shape index (κ3) is 6.92. The topological polar surface area (TPSA) is 83.1 Å². The van der Waals surface area contributed by atoms with Crippen molar-refractivity contribution in [2.24, 2.45) is 0 Å². The van der Waals surface area contributed by atoms with Crippen LogP contribution in [0.25, 0.3) is 0 Å². The number of para-hydroxylation sites is 2. The molecule has 0 saturated carbocycles. The number of anilines is 1. The first-order valence-corrected chi connectivity index (χ1v) is 9.13. The highest BCUT2D eigenvalue weighted by Gasteiger charge is 2.10. The molecule has 1 N–H and O–H groups in total. The molecule has 150 valence electrons. The Balaban J connectivity index is 1.85. The quantitative estimate of drug-likeness (QED) is 0.471. The minimum Gasteiger partial charge on any atom is -0.492 e. The van der Waals surface area contributed by atoms with Crippen LogP contribution in [0.2, 0.25) is 0 Å². The Hall–Kier alpha value is -3.06. The highest BCUT2D eigenvalue weighted by Crippen LogP contribution is 2.24. The zero-order chi connectivity index (χ0) is 20.2. The summed E-state index contributed by atoms with van der Waals surface area (Å²) in [6.45, 7) is 5.17. The molecule has 0 saturated heterocycles. The van der Waals surface area contributed by atoms with E-state index in [1.165, 1.54) is 0 Å². The van der Waals surface area contributed by atoms with Gasteiger partial charge in [0.05, 0.1) is 18.9 Å². The van der Waals surface area contributed by atoms with Crippen LogP contribution in [0.3, 0.4) is 0 Å². The standard InChI is InChI=1S/C21H25NO6/c1-3-25-13-14-27-20(23)15-28-17-11-9-16(10-12-17)21(24)22-18-7-5-6-8-19(18)26-4-2/h5-12H,3-4,13-15H2,1-2H3,(H,22,24). The van der Waals surface area contributed by atoms with Crippen molar-refractivity contribution in [2.75, 3.05) is 38.4 Å². The second kappa shape index (κ2) is 11.6. The van der Waals surface area contributed by atoms with Gasteiger partial charge in [0.2, 0.25) is 0 Å².